The molecular formula is C15H22O2. The Labute approximate surface area is 104 Å². The fraction of sp³-hybridized carbons (Fsp3) is 0.600. The second-order valence-electron chi connectivity index (χ2n) is 5.63. The van der Waals surface area contributed by atoms with Crippen molar-refractivity contribution in [1.82, 2.24) is 0 Å². The summed E-state index contributed by atoms with van der Waals surface area (Å²) in [4.78, 5) is 0. The Balaban J connectivity index is 1.98. The molecule has 2 heteroatoms. The van der Waals surface area contributed by atoms with Crippen LogP contribution in [0, 0.1) is 0 Å². The van der Waals surface area contributed by atoms with Crippen molar-refractivity contribution in [3.05, 3.63) is 29.8 Å². The highest BCUT2D eigenvalue weighted by atomic mass is 16.5. The quantitative estimate of drug-likeness (QED) is 0.866. The molecule has 0 unspecified atom stereocenters. The van der Waals surface area contributed by atoms with E-state index in [1.54, 1.807) is 0 Å². The molecule has 0 atom stereocenters. The average molecular weight is 234 g/mol. The minimum Gasteiger partial charge on any atom is -0.490 e. The summed E-state index contributed by atoms with van der Waals surface area (Å²) in [7, 11) is 0. The molecule has 0 bridgehead atoms. The number of aliphatic hydroxyl groups excluding tert-OH is 1. The highest BCUT2D eigenvalue weighted by Crippen LogP contribution is 2.30. The van der Waals surface area contributed by atoms with Crippen molar-refractivity contribution in [2.45, 2.75) is 57.7 Å². The van der Waals surface area contributed by atoms with E-state index in [2.05, 4.69) is 32.9 Å². The van der Waals surface area contributed by atoms with Gasteiger partial charge in [-0.2, -0.15) is 0 Å². The first-order valence-electron chi connectivity index (χ1n) is 6.46. The van der Waals surface area contributed by atoms with Crippen molar-refractivity contribution in [1.29, 1.82) is 0 Å². The van der Waals surface area contributed by atoms with Crippen LogP contribution in [0.3, 0.4) is 0 Å². The molecule has 2 nitrogen and oxygen atoms in total. The first-order chi connectivity index (χ1) is 8.01. The summed E-state index contributed by atoms with van der Waals surface area (Å²) in [5, 5.41) is 9.20. The van der Waals surface area contributed by atoms with Gasteiger partial charge in [-0.3, -0.25) is 0 Å². The van der Waals surface area contributed by atoms with Crippen LogP contribution in [-0.2, 0) is 5.41 Å². The highest BCUT2D eigenvalue weighted by molar-refractivity contribution is 5.31. The molecule has 0 saturated heterocycles. The minimum absolute atomic E-state index is 0.154. The lowest BCUT2D eigenvalue weighted by Gasteiger charge is -2.32. The summed E-state index contributed by atoms with van der Waals surface area (Å²) >= 11 is 0. The fourth-order valence-electron chi connectivity index (χ4n) is 2.02. The lowest BCUT2D eigenvalue weighted by molar-refractivity contribution is -0.0107. The van der Waals surface area contributed by atoms with Crippen molar-refractivity contribution in [3.63, 3.8) is 0 Å². The Morgan fingerprint density at radius 2 is 1.82 bits per heavy atom. The average Bonchev–Trinajstić information content (AvgIpc) is 2.28. The van der Waals surface area contributed by atoms with Crippen molar-refractivity contribution in [2.75, 3.05) is 0 Å². The molecule has 17 heavy (non-hydrogen) atoms. The third-order valence-electron chi connectivity index (χ3n) is 3.89. The molecule has 1 N–H and O–H groups in total. The zero-order valence-corrected chi connectivity index (χ0v) is 10.9. The number of hydrogen-bond acceptors (Lipinski definition) is 2. The van der Waals surface area contributed by atoms with Crippen LogP contribution in [0.25, 0.3) is 0 Å². The van der Waals surface area contributed by atoms with Crippen LogP contribution in [0.2, 0.25) is 0 Å². The molecule has 1 aromatic carbocycles. The minimum atomic E-state index is -0.154. The second-order valence-corrected chi connectivity index (χ2v) is 5.63. The number of rotatable bonds is 4. The SMILES string of the molecule is CCC(C)(C)c1ccc(OC2CC(O)C2)cc1. The first-order valence-corrected chi connectivity index (χ1v) is 6.46. The van der Waals surface area contributed by atoms with Crippen LogP contribution in [0.15, 0.2) is 24.3 Å². The van der Waals surface area contributed by atoms with E-state index in [1.807, 2.05) is 12.1 Å². The van der Waals surface area contributed by atoms with Gasteiger partial charge in [0.1, 0.15) is 11.9 Å². The Hall–Kier alpha value is -1.02. The van der Waals surface area contributed by atoms with Gasteiger partial charge in [-0.15, -0.1) is 0 Å². The van der Waals surface area contributed by atoms with Gasteiger partial charge in [0.2, 0.25) is 0 Å². The molecule has 2 rings (SSSR count). The number of benzene rings is 1. The Kier molecular flexibility index (Phi) is 3.43. The van der Waals surface area contributed by atoms with Gasteiger partial charge in [0, 0.05) is 12.8 Å². The zero-order valence-electron chi connectivity index (χ0n) is 10.9. The number of ether oxygens (including phenoxy) is 1. The third-order valence-corrected chi connectivity index (χ3v) is 3.89. The molecule has 0 aromatic heterocycles. The van der Waals surface area contributed by atoms with E-state index in [0.717, 1.165) is 25.0 Å². The predicted octanol–water partition coefficient (Wildman–Crippen LogP) is 3.28. The summed E-state index contributed by atoms with van der Waals surface area (Å²) < 4.78 is 5.76. The van der Waals surface area contributed by atoms with Crippen molar-refractivity contribution in [3.8, 4) is 5.75 Å². The molecule has 1 aromatic rings. The summed E-state index contributed by atoms with van der Waals surface area (Å²) in [5.41, 5.74) is 1.58. The van der Waals surface area contributed by atoms with Gasteiger partial charge in [0.25, 0.3) is 0 Å². The maximum atomic E-state index is 9.20. The van der Waals surface area contributed by atoms with Crippen LogP contribution in [0.1, 0.15) is 45.6 Å². The lowest BCUT2D eigenvalue weighted by atomic mass is 9.82. The van der Waals surface area contributed by atoms with E-state index in [0.29, 0.717) is 0 Å². The predicted molar refractivity (Wildman–Crippen MR) is 69.4 cm³/mol. The third kappa shape index (κ3) is 2.81. The Bertz CT molecular complexity index is 361. The van der Waals surface area contributed by atoms with Crippen LogP contribution in [0.5, 0.6) is 5.75 Å². The van der Waals surface area contributed by atoms with E-state index in [-0.39, 0.29) is 17.6 Å². The Morgan fingerprint density at radius 1 is 1.24 bits per heavy atom. The largest absolute Gasteiger partial charge is 0.490 e. The summed E-state index contributed by atoms with van der Waals surface area (Å²) in [6.07, 6.45) is 2.71. The van der Waals surface area contributed by atoms with E-state index in [9.17, 15) is 5.11 Å². The van der Waals surface area contributed by atoms with Gasteiger partial charge >= 0.3 is 0 Å². The molecule has 0 amide bonds. The molecular weight excluding hydrogens is 212 g/mol. The monoisotopic (exact) mass is 234 g/mol. The Morgan fingerprint density at radius 3 is 2.29 bits per heavy atom. The van der Waals surface area contributed by atoms with Gasteiger partial charge in [0.05, 0.1) is 6.10 Å². The molecule has 0 spiro atoms. The molecule has 1 saturated carbocycles. The molecule has 0 radical (unpaired) electrons. The van der Waals surface area contributed by atoms with E-state index >= 15 is 0 Å². The summed E-state index contributed by atoms with van der Waals surface area (Å²) in [5.74, 6) is 0.914. The normalized spacial score (nSPS) is 24.2. The van der Waals surface area contributed by atoms with Crippen LogP contribution in [0.4, 0.5) is 0 Å². The van der Waals surface area contributed by atoms with Crippen molar-refractivity contribution < 1.29 is 9.84 Å². The second kappa shape index (κ2) is 4.69. The number of hydrogen-bond donors (Lipinski definition) is 1. The van der Waals surface area contributed by atoms with Crippen LogP contribution >= 0.6 is 0 Å². The van der Waals surface area contributed by atoms with Gasteiger partial charge in [-0.25, -0.2) is 0 Å². The molecule has 0 heterocycles. The zero-order chi connectivity index (χ0) is 12.5. The van der Waals surface area contributed by atoms with Crippen LogP contribution < -0.4 is 4.74 Å². The fourth-order valence-corrected chi connectivity index (χ4v) is 2.02. The smallest absolute Gasteiger partial charge is 0.119 e. The van der Waals surface area contributed by atoms with Gasteiger partial charge in [0.15, 0.2) is 0 Å². The topological polar surface area (TPSA) is 29.5 Å². The van der Waals surface area contributed by atoms with Crippen molar-refractivity contribution >= 4 is 0 Å². The van der Waals surface area contributed by atoms with Crippen molar-refractivity contribution in [2.24, 2.45) is 0 Å². The standard InChI is InChI=1S/C15H22O2/c1-4-15(2,3)11-5-7-13(8-6-11)17-14-9-12(16)10-14/h5-8,12,14,16H,4,9-10H2,1-3H3. The molecule has 1 aliphatic carbocycles. The number of aliphatic hydroxyl groups is 1. The maximum absolute atomic E-state index is 9.20. The van der Waals surface area contributed by atoms with Gasteiger partial charge in [-0.05, 0) is 29.5 Å². The first kappa shape index (κ1) is 12.4. The molecule has 1 fully saturated rings. The molecule has 94 valence electrons. The highest BCUT2D eigenvalue weighted by Gasteiger charge is 2.29. The van der Waals surface area contributed by atoms with Gasteiger partial charge < -0.3 is 9.84 Å². The molecule has 0 aliphatic heterocycles. The van der Waals surface area contributed by atoms with Gasteiger partial charge in [-0.1, -0.05) is 32.9 Å². The lowest BCUT2D eigenvalue weighted by Crippen LogP contribution is -2.37. The van der Waals surface area contributed by atoms with E-state index < -0.39 is 0 Å². The molecule has 1 aliphatic rings. The van der Waals surface area contributed by atoms with Crippen LogP contribution in [-0.4, -0.2) is 17.3 Å². The maximum Gasteiger partial charge on any atom is 0.119 e. The summed E-state index contributed by atoms with van der Waals surface area (Å²) in [6, 6.07) is 8.37. The summed E-state index contributed by atoms with van der Waals surface area (Å²) in [6.45, 7) is 6.72. The van der Waals surface area contributed by atoms with E-state index in [1.165, 1.54) is 5.56 Å². The van der Waals surface area contributed by atoms with E-state index in [4.69, 9.17) is 4.74 Å².